The van der Waals surface area contributed by atoms with Crippen molar-refractivity contribution in [1.82, 2.24) is 0 Å². The van der Waals surface area contributed by atoms with Crippen molar-refractivity contribution in [3.8, 4) is 0 Å². The van der Waals surface area contributed by atoms with Crippen LogP contribution in [-0.2, 0) is 0 Å². The molecule has 2 N–H and O–H groups in total. The summed E-state index contributed by atoms with van der Waals surface area (Å²) < 4.78 is 0. The van der Waals surface area contributed by atoms with Gasteiger partial charge in [-0.3, -0.25) is 10.3 Å². The zero-order valence-corrected chi connectivity index (χ0v) is 9.53. The van der Waals surface area contributed by atoms with Crippen molar-refractivity contribution in [2.24, 2.45) is 4.99 Å². The van der Waals surface area contributed by atoms with Gasteiger partial charge in [-0.15, -0.1) is 0 Å². The molecular formula is C15H15N2+. The highest BCUT2D eigenvalue weighted by atomic mass is 14.8. The summed E-state index contributed by atoms with van der Waals surface area (Å²) in [4.78, 5) is 4.31. The molecule has 0 heterocycles. The lowest BCUT2D eigenvalue weighted by Crippen LogP contribution is -2.70. The zero-order valence-electron chi connectivity index (χ0n) is 9.53. The largest absolute Gasteiger partial charge is 0.288 e. The first kappa shape index (κ1) is 11.3. The average molecular weight is 223 g/mol. The quantitative estimate of drug-likeness (QED) is 0.610. The topological polar surface area (TPSA) is 29.0 Å². The molecule has 2 aromatic rings. The maximum Gasteiger partial charge on any atom is 0.134 e. The third-order valence-electron chi connectivity index (χ3n) is 2.27. The molecule has 84 valence electrons. The van der Waals surface area contributed by atoms with Gasteiger partial charge in [0.15, 0.2) is 0 Å². The Bertz CT molecular complexity index is 487. The normalized spacial score (nSPS) is 11.3. The predicted octanol–water partition coefficient (Wildman–Crippen LogP) is 2.80. The Morgan fingerprint density at radius 1 is 0.824 bits per heavy atom. The van der Waals surface area contributed by atoms with E-state index in [0.717, 1.165) is 5.69 Å². The van der Waals surface area contributed by atoms with Gasteiger partial charge in [0, 0.05) is 12.3 Å². The van der Waals surface area contributed by atoms with Crippen LogP contribution in [0, 0.1) is 0 Å². The molecule has 2 rings (SSSR count). The van der Waals surface area contributed by atoms with E-state index in [1.165, 1.54) is 5.69 Å². The van der Waals surface area contributed by atoms with Crippen LogP contribution in [0.3, 0.4) is 0 Å². The molecule has 2 aromatic carbocycles. The number of nitrogens with zero attached hydrogens (tertiary/aromatic N) is 1. The van der Waals surface area contributed by atoms with E-state index >= 15 is 0 Å². The highest BCUT2D eigenvalue weighted by Crippen LogP contribution is 2.07. The molecule has 0 radical (unpaired) electrons. The number of aliphatic imine (C=N–C) groups is 1. The molecule has 2 nitrogen and oxygen atoms in total. The number of para-hydroxylation sites is 2. The third kappa shape index (κ3) is 4.05. The van der Waals surface area contributed by atoms with Gasteiger partial charge in [0.25, 0.3) is 0 Å². The lowest BCUT2D eigenvalue weighted by Gasteiger charge is -1.91. The van der Waals surface area contributed by atoms with E-state index < -0.39 is 0 Å². The van der Waals surface area contributed by atoms with Crippen LogP contribution in [0.4, 0.5) is 11.4 Å². The molecule has 0 aliphatic carbocycles. The standard InChI is InChI=1S/C15H14N2/c1-3-8-14(9-4-1)16-12-7-13-17-15-10-5-2-6-11-15/h1-13,16H/p+1/b12-7+,17-13?. The minimum Gasteiger partial charge on any atom is -0.288 e. The summed E-state index contributed by atoms with van der Waals surface area (Å²) in [5, 5.41) is 2.05. The summed E-state index contributed by atoms with van der Waals surface area (Å²) >= 11 is 0. The molecule has 2 heteroatoms. The molecule has 0 atom stereocenters. The Morgan fingerprint density at radius 2 is 1.47 bits per heavy atom. The number of allylic oxidation sites excluding steroid dienone is 1. The van der Waals surface area contributed by atoms with Gasteiger partial charge in [0.2, 0.25) is 0 Å². The second-order valence-corrected chi connectivity index (χ2v) is 3.58. The molecule has 0 aliphatic rings. The molecule has 0 unspecified atom stereocenters. The van der Waals surface area contributed by atoms with Crippen LogP contribution < -0.4 is 5.32 Å². The van der Waals surface area contributed by atoms with Gasteiger partial charge in [0.1, 0.15) is 5.69 Å². The molecule has 0 spiro atoms. The number of hydrogen-bond acceptors (Lipinski definition) is 1. The van der Waals surface area contributed by atoms with Crippen molar-refractivity contribution in [3.05, 3.63) is 72.9 Å². The van der Waals surface area contributed by atoms with E-state index in [0.29, 0.717) is 0 Å². The van der Waals surface area contributed by atoms with E-state index in [-0.39, 0.29) is 0 Å². The first-order valence-electron chi connectivity index (χ1n) is 5.59. The van der Waals surface area contributed by atoms with E-state index in [9.17, 15) is 0 Å². The summed E-state index contributed by atoms with van der Waals surface area (Å²) in [5.74, 6) is 0. The van der Waals surface area contributed by atoms with Crippen LogP contribution in [0.5, 0.6) is 0 Å². The fourth-order valence-electron chi connectivity index (χ4n) is 1.42. The van der Waals surface area contributed by atoms with Crippen molar-refractivity contribution in [1.29, 1.82) is 0 Å². The third-order valence-corrected chi connectivity index (χ3v) is 2.27. The summed E-state index contributed by atoms with van der Waals surface area (Å²) in [7, 11) is 0. The second-order valence-electron chi connectivity index (χ2n) is 3.58. The van der Waals surface area contributed by atoms with Crippen LogP contribution in [-0.4, -0.2) is 6.21 Å². The fraction of sp³-hybridized carbons (Fsp3) is 0. The van der Waals surface area contributed by atoms with Crippen LogP contribution in [0.1, 0.15) is 0 Å². The van der Waals surface area contributed by atoms with Gasteiger partial charge in [0.05, 0.1) is 11.9 Å². The first-order chi connectivity index (χ1) is 8.45. The smallest absolute Gasteiger partial charge is 0.134 e. The number of nitrogens with two attached hydrogens (primary N) is 1. The van der Waals surface area contributed by atoms with Crippen LogP contribution in [0.2, 0.25) is 0 Å². The Hall–Kier alpha value is -2.19. The lowest BCUT2D eigenvalue weighted by molar-refractivity contribution is -0.496. The highest BCUT2D eigenvalue weighted by molar-refractivity contribution is 5.73. The van der Waals surface area contributed by atoms with Gasteiger partial charge >= 0.3 is 0 Å². The summed E-state index contributed by atoms with van der Waals surface area (Å²) in [6.45, 7) is 0. The van der Waals surface area contributed by atoms with Crippen molar-refractivity contribution in [2.75, 3.05) is 0 Å². The predicted molar refractivity (Wildman–Crippen MR) is 71.8 cm³/mol. The Labute approximate surface area is 101 Å². The molecule has 17 heavy (non-hydrogen) atoms. The SMILES string of the molecule is C(/C=C/[NH2+]c1ccccc1)=Nc1ccccc1. The molecule has 0 fully saturated rings. The number of quaternary nitrogens is 1. The first-order valence-corrected chi connectivity index (χ1v) is 5.59. The van der Waals surface area contributed by atoms with Crippen molar-refractivity contribution in [2.45, 2.75) is 0 Å². The summed E-state index contributed by atoms with van der Waals surface area (Å²) in [6.07, 6.45) is 5.72. The molecular weight excluding hydrogens is 208 g/mol. The number of rotatable bonds is 4. The maximum absolute atomic E-state index is 4.31. The van der Waals surface area contributed by atoms with Gasteiger partial charge < -0.3 is 0 Å². The molecule has 0 saturated carbocycles. The van der Waals surface area contributed by atoms with E-state index in [1.807, 2.05) is 60.8 Å². The Kier molecular flexibility index (Phi) is 4.26. The second kappa shape index (κ2) is 6.40. The number of hydrogen-bond donors (Lipinski definition) is 1. The van der Waals surface area contributed by atoms with Gasteiger partial charge in [-0.25, -0.2) is 0 Å². The maximum atomic E-state index is 4.31. The van der Waals surface area contributed by atoms with E-state index in [4.69, 9.17) is 0 Å². The van der Waals surface area contributed by atoms with Crippen LogP contribution in [0.25, 0.3) is 0 Å². The average Bonchev–Trinajstić information content (AvgIpc) is 2.41. The summed E-state index contributed by atoms with van der Waals surface area (Å²) in [6, 6.07) is 20.1. The van der Waals surface area contributed by atoms with Crippen molar-refractivity contribution < 1.29 is 5.32 Å². The Balaban J connectivity index is 1.85. The molecule has 0 saturated heterocycles. The van der Waals surface area contributed by atoms with Gasteiger partial charge in [-0.1, -0.05) is 36.4 Å². The molecule has 0 bridgehead atoms. The van der Waals surface area contributed by atoms with E-state index in [2.05, 4.69) is 22.4 Å². The monoisotopic (exact) mass is 223 g/mol. The van der Waals surface area contributed by atoms with Crippen molar-refractivity contribution in [3.63, 3.8) is 0 Å². The van der Waals surface area contributed by atoms with Gasteiger partial charge in [-0.2, -0.15) is 0 Å². The zero-order chi connectivity index (χ0) is 11.8. The number of benzene rings is 2. The molecule has 0 aliphatic heterocycles. The van der Waals surface area contributed by atoms with Crippen LogP contribution in [0.15, 0.2) is 77.9 Å². The fourth-order valence-corrected chi connectivity index (χ4v) is 1.42. The lowest BCUT2D eigenvalue weighted by atomic mass is 10.3. The Morgan fingerprint density at radius 3 is 2.18 bits per heavy atom. The van der Waals surface area contributed by atoms with Crippen LogP contribution >= 0.6 is 0 Å². The minimum atomic E-state index is 0.969. The highest BCUT2D eigenvalue weighted by Gasteiger charge is 1.87. The molecule has 0 amide bonds. The van der Waals surface area contributed by atoms with E-state index in [1.54, 1.807) is 6.21 Å². The van der Waals surface area contributed by atoms with Gasteiger partial charge in [-0.05, 0) is 24.3 Å². The van der Waals surface area contributed by atoms with Crippen molar-refractivity contribution >= 4 is 17.6 Å². The molecule has 0 aromatic heterocycles. The minimum absolute atomic E-state index is 0.969. The summed E-state index contributed by atoms with van der Waals surface area (Å²) in [5.41, 5.74) is 2.16.